The van der Waals surface area contributed by atoms with Crippen molar-refractivity contribution in [2.45, 2.75) is 45.3 Å². The van der Waals surface area contributed by atoms with Crippen molar-refractivity contribution in [3.63, 3.8) is 0 Å². The van der Waals surface area contributed by atoms with Crippen LogP contribution in [0.5, 0.6) is 0 Å². The van der Waals surface area contributed by atoms with E-state index in [0.29, 0.717) is 24.3 Å². The molecule has 26 heavy (non-hydrogen) atoms. The van der Waals surface area contributed by atoms with Crippen molar-refractivity contribution in [3.05, 3.63) is 35.9 Å². The fraction of sp³-hybridized carbons (Fsp3) is 0.526. The molecule has 0 unspecified atom stereocenters. The molecule has 0 atom stereocenters. The number of piperidine rings is 1. The first-order valence-electron chi connectivity index (χ1n) is 9.15. The average molecular weight is 356 g/mol. The molecule has 0 amide bonds. The second kappa shape index (κ2) is 8.31. The number of ether oxygens (including phenoxy) is 1. The van der Waals surface area contributed by atoms with Crippen LogP contribution >= 0.6 is 0 Å². The van der Waals surface area contributed by atoms with Crippen molar-refractivity contribution in [1.29, 1.82) is 0 Å². The van der Waals surface area contributed by atoms with E-state index in [1.165, 1.54) is 0 Å². The Morgan fingerprint density at radius 3 is 2.73 bits per heavy atom. The van der Waals surface area contributed by atoms with Crippen LogP contribution in [0, 0.1) is 0 Å². The lowest BCUT2D eigenvalue weighted by atomic mass is 10.1. The van der Waals surface area contributed by atoms with Gasteiger partial charge in [-0.3, -0.25) is 4.98 Å². The summed E-state index contributed by atoms with van der Waals surface area (Å²) in [6.07, 6.45) is 6.54. The van der Waals surface area contributed by atoms with Crippen LogP contribution in [0.2, 0.25) is 0 Å². The molecule has 7 nitrogen and oxygen atoms in total. The highest BCUT2D eigenvalue weighted by Crippen LogP contribution is 2.21. The third kappa shape index (κ3) is 4.60. The minimum atomic E-state index is 0.313. The van der Waals surface area contributed by atoms with Gasteiger partial charge in [-0.15, -0.1) is 0 Å². The summed E-state index contributed by atoms with van der Waals surface area (Å²) < 4.78 is 5.43. The second-order valence-electron chi connectivity index (χ2n) is 7.01. The Hall–Kier alpha value is -2.41. The fourth-order valence-corrected chi connectivity index (χ4v) is 3.15. The van der Waals surface area contributed by atoms with Gasteiger partial charge >= 0.3 is 0 Å². The Morgan fingerprint density at radius 1 is 1.27 bits per heavy atom. The molecule has 3 rings (SSSR count). The molecule has 0 aliphatic carbocycles. The van der Waals surface area contributed by atoms with Gasteiger partial charge in [-0.2, -0.15) is 0 Å². The summed E-state index contributed by atoms with van der Waals surface area (Å²) >= 11 is 0. The summed E-state index contributed by atoms with van der Waals surface area (Å²) in [6.45, 7) is 6.01. The van der Waals surface area contributed by atoms with E-state index in [4.69, 9.17) is 15.5 Å². The lowest BCUT2D eigenvalue weighted by molar-refractivity contribution is 0.0816. The maximum Gasteiger partial charge on any atom is 0.225 e. The molecule has 0 saturated carbocycles. The highest BCUT2D eigenvalue weighted by atomic mass is 16.5. The van der Waals surface area contributed by atoms with E-state index in [9.17, 15) is 0 Å². The maximum atomic E-state index is 6.01. The molecule has 3 heterocycles. The molecule has 140 valence electrons. The molecule has 1 fully saturated rings. The number of nitrogens with two attached hydrogens (primary N) is 1. The van der Waals surface area contributed by atoms with E-state index in [2.05, 4.69) is 34.0 Å². The van der Waals surface area contributed by atoms with Gasteiger partial charge in [-0.25, -0.2) is 9.97 Å². The zero-order valence-electron chi connectivity index (χ0n) is 15.8. The number of nitrogens with zero attached hydrogens (tertiary/aromatic N) is 4. The van der Waals surface area contributed by atoms with Crippen LogP contribution in [0.1, 0.15) is 38.1 Å². The monoisotopic (exact) mass is 356 g/mol. The zero-order valence-corrected chi connectivity index (χ0v) is 15.8. The molecule has 1 saturated heterocycles. The smallest absolute Gasteiger partial charge is 0.225 e. The Labute approximate surface area is 155 Å². The normalized spacial score (nSPS) is 15.5. The van der Waals surface area contributed by atoms with Gasteiger partial charge < -0.3 is 20.7 Å². The van der Waals surface area contributed by atoms with Gasteiger partial charge in [0.15, 0.2) is 0 Å². The predicted molar refractivity (Wildman–Crippen MR) is 104 cm³/mol. The Morgan fingerprint density at radius 2 is 2.04 bits per heavy atom. The van der Waals surface area contributed by atoms with E-state index in [0.717, 1.165) is 49.0 Å². The van der Waals surface area contributed by atoms with Crippen LogP contribution in [0.3, 0.4) is 0 Å². The predicted octanol–water partition coefficient (Wildman–Crippen LogP) is 2.48. The topological polar surface area (TPSA) is 89.2 Å². The highest BCUT2D eigenvalue weighted by molar-refractivity contribution is 5.65. The summed E-state index contributed by atoms with van der Waals surface area (Å²) in [5.74, 6) is 0.785. The number of nitrogens with one attached hydrogen (secondary N) is 1. The largest absolute Gasteiger partial charge is 0.396 e. The van der Waals surface area contributed by atoms with Gasteiger partial charge in [0.2, 0.25) is 5.95 Å². The van der Waals surface area contributed by atoms with Crippen LogP contribution in [0.4, 0.5) is 17.3 Å². The number of aromatic nitrogens is 3. The summed E-state index contributed by atoms with van der Waals surface area (Å²) in [5, 5.41) is 3.35. The van der Waals surface area contributed by atoms with Crippen molar-refractivity contribution < 1.29 is 4.74 Å². The van der Waals surface area contributed by atoms with Crippen LogP contribution in [-0.2, 0) is 11.2 Å². The maximum absolute atomic E-state index is 6.01. The molecule has 0 aromatic carbocycles. The molecule has 3 N–H and O–H groups in total. The number of hydrogen-bond donors (Lipinski definition) is 2. The van der Waals surface area contributed by atoms with Gasteiger partial charge in [0.1, 0.15) is 0 Å². The number of rotatable bonds is 6. The van der Waals surface area contributed by atoms with Crippen molar-refractivity contribution in [1.82, 2.24) is 15.0 Å². The summed E-state index contributed by atoms with van der Waals surface area (Å²) in [6, 6.07) is 4.26. The minimum absolute atomic E-state index is 0.313. The van der Waals surface area contributed by atoms with Gasteiger partial charge in [0.05, 0.1) is 29.4 Å². The second-order valence-corrected chi connectivity index (χ2v) is 7.01. The highest BCUT2D eigenvalue weighted by Gasteiger charge is 2.20. The van der Waals surface area contributed by atoms with Crippen LogP contribution in [0.25, 0.3) is 0 Å². The van der Waals surface area contributed by atoms with Crippen molar-refractivity contribution in [2.75, 3.05) is 36.1 Å². The molecule has 2 aromatic heterocycles. The van der Waals surface area contributed by atoms with Gasteiger partial charge in [0, 0.05) is 44.6 Å². The lowest BCUT2D eigenvalue weighted by Crippen LogP contribution is -2.37. The third-order valence-corrected chi connectivity index (χ3v) is 4.56. The molecular formula is C19H28N6O. The number of hydrogen-bond acceptors (Lipinski definition) is 7. The Kier molecular flexibility index (Phi) is 5.88. The minimum Gasteiger partial charge on any atom is -0.396 e. The zero-order chi connectivity index (χ0) is 18.5. The average Bonchev–Trinajstić information content (AvgIpc) is 2.64. The molecular weight excluding hydrogens is 328 g/mol. The van der Waals surface area contributed by atoms with Gasteiger partial charge in [0.25, 0.3) is 0 Å². The molecule has 7 heteroatoms. The number of nitrogen functional groups attached to an aromatic ring is 1. The first-order valence-corrected chi connectivity index (χ1v) is 9.15. The molecule has 0 spiro atoms. The Bertz CT molecular complexity index is 728. The first kappa shape index (κ1) is 18.4. The molecule has 2 aromatic rings. The van der Waals surface area contributed by atoms with Crippen molar-refractivity contribution in [2.24, 2.45) is 0 Å². The van der Waals surface area contributed by atoms with Crippen molar-refractivity contribution >= 4 is 17.3 Å². The van der Waals surface area contributed by atoms with E-state index in [1.54, 1.807) is 13.3 Å². The van der Waals surface area contributed by atoms with E-state index in [1.807, 2.05) is 18.3 Å². The summed E-state index contributed by atoms with van der Waals surface area (Å²) in [7, 11) is 1.78. The molecule has 0 bridgehead atoms. The third-order valence-electron chi connectivity index (χ3n) is 4.56. The summed E-state index contributed by atoms with van der Waals surface area (Å²) in [4.78, 5) is 15.9. The quantitative estimate of drug-likeness (QED) is 0.822. The number of anilines is 3. The molecule has 1 aliphatic rings. The van der Waals surface area contributed by atoms with Crippen molar-refractivity contribution in [3.8, 4) is 0 Å². The Balaban J connectivity index is 1.71. The number of methoxy groups -OCH3 is 1. The number of pyridine rings is 1. The van der Waals surface area contributed by atoms with E-state index in [-0.39, 0.29) is 0 Å². The molecule has 1 aliphatic heterocycles. The van der Waals surface area contributed by atoms with Crippen LogP contribution < -0.4 is 16.0 Å². The van der Waals surface area contributed by atoms with Crippen LogP contribution in [-0.4, -0.2) is 47.3 Å². The van der Waals surface area contributed by atoms with Crippen LogP contribution in [0.15, 0.2) is 24.5 Å². The first-order chi connectivity index (χ1) is 12.5. The van der Waals surface area contributed by atoms with Gasteiger partial charge in [-0.05, 0) is 38.8 Å². The lowest BCUT2D eigenvalue weighted by Gasteiger charge is -2.31. The SMILES string of the molecule is COC1CCN(c2nccc(Cc3cc(NC(C)C)c(N)cn3)n2)CC1. The summed E-state index contributed by atoms with van der Waals surface area (Å²) in [5.41, 5.74) is 9.47. The van der Waals surface area contributed by atoms with E-state index < -0.39 is 0 Å². The standard InChI is InChI=1S/C19H28N6O/c1-13(2)23-18-11-15(22-12-17(18)20)10-14-4-7-21-19(24-14)25-8-5-16(26-3)6-9-25/h4,7,11-13,16H,5-6,8-10,20H2,1-3H3,(H,22,23). The van der Waals surface area contributed by atoms with Gasteiger partial charge in [-0.1, -0.05) is 0 Å². The fourth-order valence-electron chi connectivity index (χ4n) is 3.15. The van der Waals surface area contributed by atoms with E-state index >= 15 is 0 Å². The molecule has 0 radical (unpaired) electrons.